The average Bonchev–Trinajstić information content (AvgIpc) is 2.34. The highest BCUT2D eigenvalue weighted by molar-refractivity contribution is 5.69. The highest BCUT2D eigenvalue weighted by Gasteiger charge is 2.35. The molecular formula is C10H16O4. The topological polar surface area (TPSA) is 74.6 Å². The molecule has 1 aliphatic rings. The van der Waals surface area contributed by atoms with Gasteiger partial charge in [0.1, 0.15) is 0 Å². The number of carboxylic acid groups (broad SMARTS) is 2. The van der Waals surface area contributed by atoms with Crippen molar-refractivity contribution in [2.75, 3.05) is 0 Å². The van der Waals surface area contributed by atoms with E-state index in [2.05, 4.69) is 0 Å². The Hall–Kier alpha value is -1.06. The van der Waals surface area contributed by atoms with Gasteiger partial charge in [-0.1, -0.05) is 13.3 Å². The third kappa shape index (κ3) is 2.72. The van der Waals surface area contributed by atoms with Crippen LogP contribution < -0.4 is 0 Å². The van der Waals surface area contributed by atoms with Crippen LogP contribution in [0.4, 0.5) is 0 Å². The number of carboxylic acids is 2. The molecular weight excluding hydrogens is 184 g/mol. The fourth-order valence-electron chi connectivity index (χ4n) is 2.42. The quantitative estimate of drug-likeness (QED) is 0.722. The van der Waals surface area contributed by atoms with Crippen LogP contribution in [-0.2, 0) is 9.59 Å². The van der Waals surface area contributed by atoms with Crippen LogP contribution in [0.5, 0.6) is 0 Å². The molecule has 4 heteroatoms. The van der Waals surface area contributed by atoms with Crippen LogP contribution in [0.2, 0.25) is 0 Å². The number of rotatable bonds is 4. The summed E-state index contributed by atoms with van der Waals surface area (Å²) in [5.74, 6) is -1.20. The van der Waals surface area contributed by atoms with Crippen LogP contribution in [0.3, 0.4) is 0 Å². The molecule has 3 atom stereocenters. The smallest absolute Gasteiger partial charge is 0.303 e. The van der Waals surface area contributed by atoms with Crippen LogP contribution in [0, 0.1) is 17.8 Å². The molecule has 0 heterocycles. The maximum absolute atomic E-state index is 10.6. The molecule has 14 heavy (non-hydrogen) atoms. The normalized spacial score (nSPS) is 31.6. The lowest BCUT2D eigenvalue weighted by atomic mass is 9.86. The van der Waals surface area contributed by atoms with Crippen molar-refractivity contribution >= 4 is 11.9 Å². The first-order valence-corrected chi connectivity index (χ1v) is 4.94. The van der Waals surface area contributed by atoms with E-state index < -0.39 is 11.9 Å². The van der Waals surface area contributed by atoms with E-state index >= 15 is 0 Å². The Morgan fingerprint density at radius 2 is 1.71 bits per heavy atom. The van der Waals surface area contributed by atoms with Crippen LogP contribution in [0.15, 0.2) is 0 Å². The molecule has 0 radical (unpaired) electrons. The summed E-state index contributed by atoms with van der Waals surface area (Å²) in [6, 6.07) is 0. The monoisotopic (exact) mass is 200 g/mol. The van der Waals surface area contributed by atoms with Gasteiger partial charge < -0.3 is 10.2 Å². The van der Waals surface area contributed by atoms with Gasteiger partial charge in [-0.3, -0.25) is 9.59 Å². The van der Waals surface area contributed by atoms with Gasteiger partial charge in [-0.2, -0.15) is 0 Å². The summed E-state index contributed by atoms with van der Waals surface area (Å²) in [6.07, 6.45) is 2.03. The Morgan fingerprint density at radius 1 is 1.14 bits per heavy atom. The van der Waals surface area contributed by atoms with E-state index in [-0.39, 0.29) is 24.7 Å². The van der Waals surface area contributed by atoms with Gasteiger partial charge in [0.15, 0.2) is 0 Å². The lowest BCUT2D eigenvalue weighted by molar-refractivity contribution is -0.141. The largest absolute Gasteiger partial charge is 0.481 e. The maximum atomic E-state index is 10.6. The number of hydrogen-bond acceptors (Lipinski definition) is 2. The van der Waals surface area contributed by atoms with Crippen molar-refractivity contribution in [3.05, 3.63) is 0 Å². The molecule has 0 aromatic heterocycles. The van der Waals surface area contributed by atoms with Gasteiger partial charge in [0.25, 0.3) is 0 Å². The van der Waals surface area contributed by atoms with E-state index in [4.69, 9.17) is 10.2 Å². The predicted octanol–water partition coefficient (Wildman–Crippen LogP) is 1.60. The third-order valence-electron chi connectivity index (χ3n) is 3.18. The fourth-order valence-corrected chi connectivity index (χ4v) is 2.42. The summed E-state index contributed by atoms with van der Waals surface area (Å²) >= 11 is 0. The Labute approximate surface area is 82.9 Å². The number of hydrogen-bond donors (Lipinski definition) is 2. The van der Waals surface area contributed by atoms with Crippen molar-refractivity contribution in [2.24, 2.45) is 17.8 Å². The van der Waals surface area contributed by atoms with Gasteiger partial charge in [-0.05, 0) is 24.2 Å². The SMILES string of the molecule is CC1CCC(CC(=O)O)C1CC(=O)O. The zero-order chi connectivity index (χ0) is 10.7. The summed E-state index contributed by atoms with van der Waals surface area (Å²) in [6.45, 7) is 2.01. The summed E-state index contributed by atoms with van der Waals surface area (Å²) in [5, 5.41) is 17.4. The predicted molar refractivity (Wildman–Crippen MR) is 49.9 cm³/mol. The summed E-state index contributed by atoms with van der Waals surface area (Å²) in [5.41, 5.74) is 0. The molecule has 1 fully saturated rings. The van der Waals surface area contributed by atoms with E-state index in [1.807, 2.05) is 6.92 Å². The molecule has 1 rings (SSSR count). The van der Waals surface area contributed by atoms with E-state index in [0.717, 1.165) is 12.8 Å². The first-order valence-electron chi connectivity index (χ1n) is 4.94. The lowest BCUT2D eigenvalue weighted by Crippen LogP contribution is -2.19. The van der Waals surface area contributed by atoms with Crippen LogP contribution in [0.1, 0.15) is 32.6 Å². The van der Waals surface area contributed by atoms with Gasteiger partial charge in [-0.25, -0.2) is 0 Å². The highest BCUT2D eigenvalue weighted by Crippen LogP contribution is 2.40. The first-order chi connectivity index (χ1) is 6.50. The molecule has 0 aliphatic heterocycles. The molecule has 0 aromatic rings. The minimum Gasteiger partial charge on any atom is -0.481 e. The van der Waals surface area contributed by atoms with Crippen molar-refractivity contribution in [3.8, 4) is 0 Å². The molecule has 3 unspecified atom stereocenters. The van der Waals surface area contributed by atoms with E-state index in [1.54, 1.807) is 0 Å². The number of aliphatic carboxylic acids is 2. The van der Waals surface area contributed by atoms with E-state index in [1.165, 1.54) is 0 Å². The molecule has 0 saturated heterocycles. The molecule has 80 valence electrons. The van der Waals surface area contributed by atoms with Gasteiger partial charge in [0.05, 0.1) is 0 Å². The lowest BCUT2D eigenvalue weighted by Gasteiger charge is -2.19. The summed E-state index contributed by atoms with van der Waals surface area (Å²) in [7, 11) is 0. The Kier molecular flexibility index (Phi) is 3.49. The Morgan fingerprint density at radius 3 is 2.21 bits per heavy atom. The van der Waals surface area contributed by atoms with Crippen molar-refractivity contribution in [2.45, 2.75) is 32.6 Å². The standard InChI is InChI=1S/C10H16O4/c1-6-2-3-7(4-9(11)12)8(6)5-10(13)14/h6-8H,2-5H2,1H3,(H,11,12)(H,13,14). The maximum Gasteiger partial charge on any atom is 0.303 e. The molecule has 0 amide bonds. The summed E-state index contributed by atoms with van der Waals surface area (Å²) < 4.78 is 0. The first kappa shape index (κ1) is 11.0. The van der Waals surface area contributed by atoms with Crippen molar-refractivity contribution in [1.29, 1.82) is 0 Å². The summed E-state index contributed by atoms with van der Waals surface area (Å²) in [4.78, 5) is 21.1. The minimum atomic E-state index is -0.820. The van der Waals surface area contributed by atoms with Crippen LogP contribution in [0.25, 0.3) is 0 Å². The van der Waals surface area contributed by atoms with E-state index in [9.17, 15) is 9.59 Å². The molecule has 0 spiro atoms. The number of carbonyl (C=O) groups is 2. The van der Waals surface area contributed by atoms with Gasteiger partial charge in [-0.15, -0.1) is 0 Å². The minimum absolute atomic E-state index is 0.0450. The second kappa shape index (κ2) is 4.44. The molecule has 2 N–H and O–H groups in total. The van der Waals surface area contributed by atoms with E-state index in [0.29, 0.717) is 5.92 Å². The van der Waals surface area contributed by atoms with Gasteiger partial charge >= 0.3 is 11.9 Å². The fraction of sp³-hybridized carbons (Fsp3) is 0.800. The Balaban J connectivity index is 2.56. The van der Waals surface area contributed by atoms with Gasteiger partial charge in [0, 0.05) is 12.8 Å². The third-order valence-corrected chi connectivity index (χ3v) is 3.18. The van der Waals surface area contributed by atoms with Crippen molar-refractivity contribution < 1.29 is 19.8 Å². The highest BCUT2D eigenvalue weighted by atomic mass is 16.4. The second-order valence-electron chi connectivity index (χ2n) is 4.17. The van der Waals surface area contributed by atoms with Crippen LogP contribution in [-0.4, -0.2) is 22.2 Å². The van der Waals surface area contributed by atoms with Crippen molar-refractivity contribution in [1.82, 2.24) is 0 Å². The molecule has 0 bridgehead atoms. The second-order valence-corrected chi connectivity index (χ2v) is 4.17. The zero-order valence-corrected chi connectivity index (χ0v) is 8.27. The molecule has 4 nitrogen and oxygen atoms in total. The van der Waals surface area contributed by atoms with Crippen LogP contribution >= 0.6 is 0 Å². The van der Waals surface area contributed by atoms with Gasteiger partial charge in [0.2, 0.25) is 0 Å². The zero-order valence-electron chi connectivity index (χ0n) is 8.27. The Bertz CT molecular complexity index is 236. The molecule has 1 saturated carbocycles. The molecule has 0 aromatic carbocycles. The molecule has 1 aliphatic carbocycles. The van der Waals surface area contributed by atoms with Crippen molar-refractivity contribution in [3.63, 3.8) is 0 Å². The average molecular weight is 200 g/mol.